The molecule has 1 aliphatic heterocycles. The van der Waals surface area contributed by atoms with E-state index in [2.05, 4.69) is 11.4 Å². The number of nitrogens with zero attached hydrogens (tertiary/aromatic N) is 2. The molecule has 0 bridgehead atoms. The summed E-state index contributed by atoms with van der Waals surface area (Å²) in [4.78, 5) is 27.2. The van der Waals surface area contributed by atoms with E-state index in [-0.39, 0.29) is 23.1 Å². The third-order valence-electron chi connectivity index (χ3n) is 4.34. The number of hydrogen-bond donors (Lipinski definition) is 1. The second kappa shape index (κ2) is 7.01. The molecule has 1 fully saturated rings. The maximum Gasteiger partial charge on any atom is 0.263 e. The van der Waals surface area contributed by atoms with E-state index in [1.54, 1.807) is 27.8 Å². The smallest absolute Gasteiger partial charge is 0.263 e. The molecule has 1 amide bonds. The van der Waals surface area contributed by atoms with Crippen LogP contribution < -0.4 is 10.9 Å². The Morgan fingerprint density at radius 1 is 1.29 bits per heavy atom. The molecule has 1 atom stereocenters. The number of aryl methyl sites for hydroxylation is 1. The van der Waals surface area contributed by atoms with Gasteiger partial charge in [0.2, 0.25) is 0 Å². The summed E-state index contributed by atoms with van der Waals surface area (Å²) in [5, 5.41) is 3.30. The van der Waals surface area contributed by atoms with Crippen LogP contribution in [0.15, 0.2) is 47.4 Å². The Bertz CT molecular complexity index is 797. The average molecular weight is 325 g/mol. The molecule has 0 aliphatic carbocycles. The maximum atomic E-state index is 12.7. The van der Waals surface area contributed by atoms with Crippen molar-refractivity contribution in [1.29, 1.82) is 0 Å². The van der Waals surface area contributed by atoms with Gasteiger partial charge in [0.15, 0.2) is 0 Å². The van der Waals surface area contributed by atoms with Crippen LogP contribution in [0.2, 0.25) is 0 Å². The number of hydrogen-bond acceptors (Lipinski definition) is 3. The van der Waals surface area contributed by atoms with Gasteiger partial charge in [0.05, 0.1) is 6.54 Å². The van der Waals surface area contributed by atoms with Gasteiger partial charge >= 0.3 is 0 Å². The topological polar surface area (TPSA) is 54.3 Å². The predicted octanol–water partition coefficient (Wildman–Crippen LogP) is 1.64. The van der Waals surface area contributed by atoms with Crippen LogP contribution in [0.4, 0.5) is 0 Å². The number of nitrogens with one attached hydrogen (secondary N) is 1. The van der Waals surface area contributed by atoms with Crippen molar-refractivity contribution < 1.29 is 4.79 Å². The first-order valence-corrected chi connectivity index (χ1v) is 8.32. The summed E-state index contributed by atoms with van der Waals surface area (Å²) >= 11 is 0. The highest BCUT2D eigenvalue weighted by Gasteiger charge is 2.23. The first kappa shape index (κ1) is 16.5. The van der Waals surface area contributed by atoms with Gasteiger partial charge in [0.1, 0.15) is 5.56 Å². The molecule has 0 saturated carbocycles. The molecule has 0 radical (unpaired) electrons. The van der Waals surface area contributed by atoms with Crippen LogP contribution in [-0.4, -0.2) is 41.1 Å². The third-order valence-corrected chi connectivity index (χ3v) is 4.34. The minimum Gasteiger partial charge on any atom is -0.336 e. The zero-order chi connectivity index (χ0) is 17.1. The summed E-state index contributed by atoms with van der Waals surface area (Å²) in [5.41, 5.74) is 2.23. The molecule has 5 nitrogen and oxygen atoms in total. The van der Waals surface area contributed by atoms with Crippen molar-refractivity contribution in [2.75, 3.05) is 19.6 Å². The molecule has 2 aromatic rings. The van der Waals surface area contributed by atoms with Crippen molar-refractivity contribution in [2.45, 2.75) is 26.4 Å². The lowest BCUT2D eigenvalue weighted by molar-refractivity contribution is 0.0706. The van der Waals surface area contributed by atoms with Crippen molar-refractivity contribution in [3.05, 3.63) is 69.6 Å². The van der Waals surface area contributed by atoms with Crippen LogP contribution in [0, 0.1) is 6.92 Å². The normalized spacial score (nSPS) is 17.8. The largest absolute Gasteiger partial charge is 0.336 e. The van der Waals surface area contributed by atoms with Crippen LogP contribution in [0.3, 0.4) is 0 Å². The van der Waals surface area contributed by atoms with Crippen molar-refractivity contribution in [2.24, 2.45) is 0 Å². The van der Waals surface area contributed by atoms with Crippen LogP contribution in [0.5, 0.6) is 0 Å². The Kier molecular flexibility index (Phi) is 4.81. The summed E-state index contributed by atoms with van der Waals surface area (Å²) in [5.74, 6) is -0.174. The average Bonchev–Trinajstić information content (AvgIpc) is 2.56. The molecule has 1 saturated heterocycles. The molecule has 1 unspecified atom stereocenters. The third kappa shape index (κ3) is 3.57. The summed E-state index contributed by atoms with van der Waals surface area (Å²) in [6.45, 7) is 6.56. The molecule has 3 rings (SSSR count). The Morgan fingerprint density at radius 2 is 2.12 bits per heavy atom. The van der Waals surface area contributed by atoms with Gasteiger partial charge in [-0.2, -0.15) is 0 Å². The van der Waals surface area contributed by atoms with Gasteiger partial charge in [-0.3, -0.25) is 9.59 Å². The SMILES string of the molecule is Cc1cccc(Cn2cccc(C(=O)N3CCNC(C)C3)c2=O)c1. The van der Waals surface area contributed by atoms with E-state index in [1.807, 2.05) is 32.0 Å². The van der Waals surface area contributed by atoms with Crippen LogP contribution in [0.1, 0.15) is 28.4 Å². The van der Waals surface area contributed by atoms with E-state index in [4.69, 9.17) is 0 Å². The molecule has 1 aromatic carbocycles. The monoisotopic (exact) mass is 325 g/mol. The molecule has 0 spiro atoms. The summed E-state index contributed by atoms with van der Waals surface area (Å²) in [7, 11) is 0. The number of aromatic nitrogens is 1. The van der Waals surface area contributed by atoms with Gasteiger partial charge in [-0.05, 0) is 31.5 Å². The summed E-state index contributed by atoms with van der Waals surface area (Å²) < 4.78 is 1.60. The van der Waals surface area contributed by atoms with Gasteiger partial charge in [0, 0.05) is 31.9 Å². The lowest BCUT2D eigenvalue weighted by Crippen LogP contribution is -2.52. The molecule has 2 heterocycles. The van der Waals surface area contributed by atoms with Crippen LogP contribution in [-0.2, 0) is 6.54 Å². The molecule has 5 heteroatoms. The van der Waals surface area contributed by atoms with E-state index in [9.17, 15) is 9.59 Å². The maximum absolute atomic E-state index is 12.7. The molecule has 24 heavy (non-hydrogen) atoms. The summed E-state index contributed by atoms with van der Waals surface area (Å²) in [6, 6.07) is 11.7. The number of piperazine rings is 1. The number of amides is 1. The second-order valence-corrected chi connectivity index (χ2v) is 6.45. The number of pyridine rings is 1. The van der Waals surface area contributed by atoms with Crippen molar-refractivity contribution in [3.63, 3.8) is 0 Å². The number of rotatable bonds is 3. The van der Waals surface area contributed by atoms with Crippen LogP contribution in [0.25, 0.3) is 0 Å². The molecule has 1 aliphatic rings. The number of carbonyl (C=O) groups is 1. The van der Waals surface area contributed by atoms with Crippen molar-refractivity contribution in [3.8, 4) is 0 Å². The molecule has 1 N–H and O–H groups in total. The highest BCUT2D eigenvalue weighted by molar-refractivity contribution is 5.94. The minimum atomic E-state index is -0.227. The van der Waals surface area contributed by atoms with E-state index in [0.29, 0.717) is 19.6 Å². The van der Waals surface area contributed by atoms with Gasteiger partial charge in [0.25, 0.3) is 11.5 Å². The lowest BCUT2D eigenvalue weighted by atomic mass is 10.1. The second-order valence-electron chi connectivity index (χ2n) is 6.45. The Labute approximate surface area is 141 Å². The van der Waals surface area contributed by atoms with Crippen molar-refractivity contribution in [1.82, 2.24) is 14.8 Å². The highest BCUT2D eigenvalue weighted by atomic mass is 16.2. The van der Waals surface area contributed by atoms with E-state index < -0.39 is 0 Å². The van der Waals surface area contributed by atoms with Gasteiger partial charge in [-0.15, -0.1) is 0 Å². The Balaban J connectivity index is 1.85. The fourth-order valence-corrected chi connectivity index (χ4v) is 3.12. The quantitative estimate of drug-likeness (QED) is 0.933. The van der Waals surface area contributed by atoms with E-state index in [1.165, 1.54) is 0 Å². The fraction of sp³-hybridized carbons (Fsp3) is 0.368. The van der Waals surface area contributed by atoms with Crippen molar-refractivity contribution >= 4 is 5.91 Å². The lowest BCUT2D eigenvalue weighted by Gasteiger charge is -2.31. The van der Waals surface area contributed by atoms with E-state index in [0.717, 1.165) is 17.7 Å². The van der Waals surface area contributed by atoms with Gasteiger partial charge < -0.3 is 14.8 Å². The molecule has 126 valence electrons. The standard InChI is InChI=1S/C19H23N3O2/c1-14-5-3-6-16(11-14)13-21-9-4-7-17(18(21)23)19(24)22-10-8-20-15(2)12-22/h3-7,9,11,15,20H,8,10,12-13H2,1-2H3. The number of carbonyl (C=O) groups excluding carboxylic acids is 1. The number of benzene rings is 1. The van der Waals surface area contributed by atoms with Crippen LogP contribution >= 0.6 is 0 Å². The van der Waals surface area contributed by atoms with Gasteiger partial charge in [-0.25, -0.2) is 0 Å². The molecular weight excluding hydrogens is 302 g/mol. The molecule has 1 aromatic heterocycles. The zero-order valence-electron chi connectivity index (χ0n) is 14.2. The Hall–Kier alpha value is -2.40. The predicted molar refractivity (Wildman–Crippen MR) is 94.4 cm³/mol. The fourth-order valence-electron chi connectivity index (χ4n) is 3.12. The molecular formula is C19H23N3O2. The van der Waals surface area contributed by atoms with E-state index >= 15 is 0 Å². The first-order chi connectivity index (χ1) is 11.5. The highest BCUT2D eigenvalue weighted by Crippen LogP contribution is 2.08. The zero-order valence-corrected chi connectivity index (χ0v) is 14.2. The minimum absolute atomic E-state index is 0.174. The first-order valence-electron chi connectivity index (χ1n) is 8.32. The Morgan fingerprint density at radius 3 is 2.88 bits per heavy atom. The van der Waals surface area contributed by atoms with Gasteiger partial charge in [-0.1, -0.05) is 29.8 Å². The summed E-state index contributed by atoms with van der Waals surface area (Å²) in [6.07, 6.45) is 1.74.